The van der Waals surface area contributed by atoms with Gasteiger partial charge in [-0.05, 0) is 35.9 Å². The van der Waals surface area contributed by atoms with Crippen molar-refractivity contribution in [3.8, 4) is 11.5 Å². The maximum absolute atomic E-state index is 12.3. The molecule has 0 atom stereocenters. The molecule has 118 valence electrons. The van der Waals surface area contributed by atoms with Crippen LogP contribution in [0.1, 0.15) is 15.9 Å². The van der Waals surface area contributed by atoms with Crippen molar-refractivity contribution >= 4 is 46.7 Å². The Balaban J connectivity index is 1.83. The monoisotopic (exact) mass is 368 g/mol. The van der Waals surface area contributed by atoms with E-state index in [1.807, 2.05) is 18.2 Å². The van der Waals surface area contributed by atoms with Gasteiger partial charge in [-0.3, -0.25) is 4.79 Å². The second kappa shape index (κ2) is 6.83. The van der Waals surface area contributed by atoms with Gasteiger partial charge in [-0.1, -0.05) is 46.9 Å². The molecule has 6 heteroatoms. The predicted molar refractivity (Wildman–Crippen MR) is 92.3 cm³/mol. The molecule has 1 aliphatic rings. The summed E-state index contributed by atoms with van der Waals surface area (Å²) in [5.74, 6) is 1.11. The molecule has 0 radical (unpaired) electrons. The van der Waals surface area contributed by atoms with E-state index in [-0.39, 0.29) is 15.8 Å². The zero-order chi connectivity index (χ0) is 16.4. The van der Waals surface area contributed by atoms with E-state index < -0.39 is 0 Å². The van der Waals surface area contributed by atoms with Crippen LogP contribution in [-0.2, 0) is 0 Å². The van der Waals surface area contributed by atoms with E-state index >= 15 is 0 Å². The zero-order valence-electron chi connectivity index (χ0n) is 11.8. The molecule has 0 N–H and O–H groups in total. The Kier molecular flexibility index (Phi) is 4.81. The third kappa shape index (κ3) is 3.47. The summed E-state index contributed by atoms with van der Waals surface area (Å²) in [7, 11) is 0. The molecule has 0 aliphatic carbocycles. The zero-order valence-corrected chi connectivity index (χ0v) is 14.1. The average molecular weight is 370 g/mol. The van der Waals surface area contributed by atoms with E-state index in [1.165, 1.54) is 6.08 Å². The number of carbonyl (C=O) groups is 1. The van der Waals surface area contributed by atoms with Crippen LogP contribution in [0.15, 0.2) is 36.4 Å². The lowest BCUT2D eigenvalue weighted by molar-refractivity contribution is 0.104. The van der Waals surface area contributed by atoms with Crippen molar-refractivity contribution in [3.05, 3.63) is 62.6 Å². The van der Waals surface area contributed by atoms with Crippen LogP contribution in [-0.4, -0.2) is 19.0 Å². The minimum atomic E-state index is -0.261. The van der Waals surface area contributed by atoms with Crippen molar-refractivity contribution in [3.63, 3.8) is 0 Å². The molecule has 0 saturated heterocycles. The van der Waals surface area contributed by atoms with Crippen LogP contribution in [0.5, 0.6) is 11.5 Å². The molecule has 0 spiro atoms. The highest BCUT2D eigenvalue weighted by molar-refractivity contribution is 6.49. The van der Waals surface area contributed by atoms with Gasteiger partial charge in [0, 0.05) is 5.56 Å². The molecule has 23 heavy (non-hydrogen) atoms. The lowest BCUT2D eigenvalue weighted by atomic mass is 10.1. The van der Waals surface area contributed by atoms with Gasteiger partial charge in [0.05, 0.1) is 15.1 Å². The largest absolute Gasteiger partial charge is 0.486 e. The van der Waals surface area contributed by atoms with Crippen LogP contribution < -0.4 is 9.47 Å². The summed E-state index contributed by atoms with van der Waals surface area (Å²) in [6.07, 6.45) is 3.11. The van der Waals surface area contributed by atoms with Gasteiger partial charge in [-0.15, -0.1) is 0 Å². The van der Waals surface area contributed by atoms with Crippen molar-refractivity contribution in [2.75, 3.05) is 13.2 Å². The summed E-state index contributed by atoms with van der Waals surface area (Å²) in [6.45, 7) is 1.05. The van der Waals surface area contributed by atoms with Crippen molar-refractivity contribution < 1.29 is 14.3 Å². The van der Waals surface area contributed by atoms with E-state index in [4.69, 9.17) is 44.3 Å². The second-order valence-corrected chi connectivity index (χ2v) is 5.99. The van der Waals surface area contributed by atoms with Gasteiger partial charge >= 0.3 is 0 Å². The molecule has 0 amide bonds. The molecule has 3 rings (SSSR count). The fraction of sp³-hybridized carbons (Fsp3) is 0.118. The van der Waals surface area contributed by atoms with Crippen LogP contribution >= 0.6 is 34.8 Å². The number of benzene rings is 2. The molecule has 0 saturated carbocycles. The number of ketones is 1. The Morgan fingerprint density at radius 3 is 2.48 bits per heavy atom. The van der Waals surface area contributed by atoms with Gasteiger partial charge in [0.1, 0.15) is 13.2 Å². The van der Waals surface area contributed by atoms with Crippen LogP contribution in [0.25, 0.3) is 6.08 Å². The van der Waals surface area contributed by atoms with Crippen molar-refractivity contribution in [1.29, 1.82) is 0 Å². The van der Waals surface area contributed by atoms with E-state index in [2.05, 4.69) is 0 Å². The molecule has 0 unspecified atom stereocenters. The molecular formula is C17H11Cl3O3. The number of ether oxygens (including phenoxy) is 2. The highest BCUT2D eigenvalue weighted by Gasteiger charge is 2.14. The standard InChI is InChI=1S/C17H11Cl3O3/c18-12-4-3-11(16(19)17(12)20)13(21)5-1-10-2-6-14-15(9-10)23-8-7-22-14/h1-6,9H,7-8H2/b5-1+. The number of hydrogen-bond donors (Lipinski definition) is 0. The van der Waals surface area contributed by atoms with Crippen LogP contribution in [0.4, 0.5) is 0 Å². The van der Waals surface area contributed by atoms with Gasteiger partial charge in [-0.2, -0.15) is 0 Å². The molecule has 3 nitrogen and oxygen atoms in total. The first kappa shape index (κ1) is 16.2. The summed E-state index contributed by atoms with van der Waals surface area (Å²) in [5.41, 5.74) is 1.12. The summed E-state index contributed by atoms with van der Waals surface area (Å²) in [4.78, 5) is 12.3. The molecule has 2 aromatic rings. The number of halogens is 3. The normalized spacial score (nSPS) is 13.3. The summed E-state index contributed by atoms with van der Waals surface area (Å²) in [6, 6.07) is 8.56. The quantitative estimate of drug-likeness (QED) is 0.417. The lowest BCUT2D eigenvalue weighted by Crippen LogP contribution is -2.15. The topological polar surface area (TPSA) is 35.5 Å². The summed E-state index contributed by atoms with van der Waals surface area (Å²) < 4.78 is 11.0. The van der Waals surface area contributed by atoms with Gasteiger partial charge < -0.3 is 9.47 Å². The predicted octanol–water partition coefficient (Wildman–Crippen LogP) is 5.31. The minimum Gasteiger partial charge on any atom is -0.486 e. The molecule has 0 fully saturated rings. The van der Waals surface area contributed by atoms with Crippen molar-refractivity contribution in [1.82, 2.24) is 0 Å². The maximum Gasteiger partial charge on any atom is 0.187 e. The van der Waals surface area contributed by atoms with E-state index in [0.29, 0.717) is 35.3 Å². The molecule has 2 aromatic carbocycles. The number of rotatable bonds is 3. The lowest BCUT2D eigenvalue weighted by Gasteiger charge is -2.18. The first-order valence-electron chi connectivity index (χ1n) is 6.82. The Morgan fingerprint density at radius 2 is 1.70 bits per heavy atom. The fourth-order valence-electron chi connectivity index (χ4n) is 2.14. The van der Waals surface area contributed by atoms with Crippen molar-refractivity contribution in [2.24, 2.45) is 0 Å². The smallest absolute Gasteiger partial charge is 0.187 e. The minimum absolute atomic E-state index is 0.149. The Hall–Kier alpha value is -1.68. The highest BCUT2D eigenvalue weighted by Crippen LogP contribution is 2.33. The number of fused-ring (bicyclic) bond motifs is 1. The van der Waals surface area contributed by atoms with Crippen LogP contribution in [0.3, 0.4) is 0 Å². The van der Waals surface area contributed by atoms with Gasteiger partial charge in [0.2, 0.25) is 0 Å². The number of allylic oxidation sites excluding steroid dienone is 1. The Bertz CT molecular complexity index is 800. The first-order chi connectivity index (χ1) is 11.1. The number of hydrogen-bond acceptors (Lipinski definition) is 3. The Morgan fingerprint density at radius 1 is 0.957 bits per heavy atom. The summed E-state index contributed by atoms with van der Waals surface area (Å²) >= 11 is 17.9. The van der Waals surface area contributed by atoms with Gasteiger partial charge in [-0.25, -0.2) is 0 Å². The van der Waals surface area contributed by atoms with E-state index in [0.717, 1.165) is 5.56 Å². The molecular weight excluding hydrogens is 359 g/mol. The maximum atomic E-state index is 12.3. The molecule has 1 heterocycles. The Labute approximate surface area is 148 Å². The van der Waals surface area contributed by atoms with E-state index in [1.54, 1.807) is 18.2 Å². The summed E-state index contributed by atoms with van der Waals surface area (Å²) in [5, 5.41) is 0.631. The fourth-order valence-corrected chi connectivity index (χ4v) is 2.77. The SMILES string of the molecule is O=C(/C=C/c1ccc2c(c1)OCCO2)c1ccc(Cl)c(Cl)c1Cl. The highest BCUT2D eigenvalue weighted by atomic mass is 35.5. The molecule has 1 aliphatic heterocycles. The van der Waals surface area contributed by atoms with Crippen LogP contribution in [0, 0.1) is 0 Å². The van der Waals surface area contributed by atoms with Gasteiger partial charge in [0.15, 0.2) is 17.3 Å². The van der Waals surface area contributed by atoms with Crippen LogP contribution in [0.2, 0.25) is 15.1 Å². The molecule has 0 aromatic heterocycles. The third-order valence-corrected chi connectivity index (χ3v) is 4.59. The average Bonchev–Trinajstić information content (AvgIpc) is 2.57. The second-order valence-electron chi connectivity index (χ2n) is 4.82. The van der Waals surface area contributed by atoms with Gasteiger partial charge in [0.25, 0.3) is 0 Å². The third-order valence-electron chi connectivity index (χ3n) is 3.29. The molecule has 0 bridgehead atoms. The van der Waals surface area contributed by atoms with Crippen molar-refractivity contribution in [2.45, 2.75) is 0 Å². The number of carbonyl (C=O) groups excluding carboxylic acids is 1. The van der Waals surface area contributed by atoms with E-state index in [9.17, 15) is 4.79 Å². The first-order valence-corrected chi connectivity index (χ1v) is 7.95.